The van der Waals surface area contributed by atoms with Crippen LogP contribution in [0.15, 0.2) is 40.5 Å². The van der Waals surface area contributed by atoms with Crippen LogP contribution in [0.1, 0.15) is 50.5 Å². The highest BCUT2D eigenvalue weighted by molar-refractivity contribution is 6.01. The maximum atomic E-state index is 12.9. The van der Waals surface area contributed by atoms with Crippen LogP contribution in [0.5, 0.6) is 0 Å². The van der Waals surface area contributed by atoms with Crippen molar-refractivity contribution in [1.29, 1.82) is 0 Å². The van der Waals surface area contributed by atoms with E-state index in [0.29, 0.717) is 50.8 Å². The van der Waals surface area contributed by atoms with Crippen molar-refractivity contribution >= 4 is 17.3 Å². The van der Waals surface area contributed by atoms with E-state index in [1.54, 1.807) is 0 Å². The van der Waals surface area contributed by atoms with Crippen LogP contribution < -0.4 is 11.1 Å². The number of rotatable bonds is 6. The lowest BCUT2D eigenvalue weighted by molar-refractivity contribution is -0.116. The first-order valence-electron chi connectivity index (χ1n) is 9.24. The molecule has 1 saturated carbocycles. The molecule has 2 rings (SSSR count). The number of alkyl halides is 3. The summed E-state index contributed by atoms with van der Waals surface area (Å²) >= 11 is 0. The highest BCUT2D eigenvalue weighted by Gasteiger charge is 2.35. The molecule has 1 aromatic rings. The second-order valence-corrected chi connectivity index (χ2v) is 6.75. The molecule has 1 aliphatic carbocycles. The van der Waals surface area contributed by atoms with Crippen LogP contribution in [0.4, 0.5) is 18.9 Å². The van der Waals surface area contributed by atoms with Crippen LogP contribution in [0, 0.1) is 6.92 Å². The van der Waals surface area contributed by atoms with Gasteiger partial charge in [0.2, 0.25) is 5.91 Å². The first-order valence-corrected chi connectivity index (χ1v) is 9.24. The number of nitrogens with zero attached hydrogens (tertiary/aromatic N) is 1. The zero-order valence-electron chi connectivity index (χ0n) is 15.5. The molecule has 0 atom stereocenters. The average molecular weight is 381 g/mol. The topological polar surface area (TPSA) is 67.5 Å². The molecular weight excluding hydrogens is 355 g/mol. The molecule has 7 heteroatoms. The first kappa shape index (κ1) is 21.0. The fourth-order valence-corrected chi connectivity index (χ4v) is 3.06. The number of benzene rings is 1. The molecule has 0 aromatic heterocycles. The summed E-state index contributed by atoms with van der Waals surface area (Å²) in [6, 6.07) is 7.54. The Morgan fingerprint density at radius 3 is 2.59 bits per heavy atom. The van der Waals surface area contributed by atoms with Crippen molar-refractivity contribution in [3.05, 3.63) is 41.1 Å². The molecule has 0 saturated heterocycles. The monoisotopic (exact) mass is 381 g/mol. The van der Waals surface area contributed by atoms with E-state index in [1.807, 2.05) is 31.2 Å². The summed E-state index contributed by atoms with van der Waals surface area (Å²) in [6.07, 6.45) is -0.515. The Morgan fingerprint density at radius 1 is 1.19 bits per heavy atom. The molecule has 3 N–H and O–H groups in total. The number of carbonyl (C=O) groups is 1. The number of carbonyl (C=O) groups excluding carboxylic acids is 1. The second-order valence-electron chi connectivity index (χ2n) is 6.75. The van der Waals surface area contributed by atoms with Gasteiger partial charge in [0.05, 0.1) is 0 Å². The van der Waals surface area contributed by atoms with E-state index in [4.69, 9.17) is 5.73 Å². The lowest BCUT2D eigenvalue weighted by Crippen LogP contribution is -2.26. The van der Waals surface area contributed by atoms with Crippen molar-refractivity contribution in [2.24, 2.45) is 10.7 Å². The minimum Gasteiger partial charge on any atom is -0.394 e. The van der Waals surface area contributed by atoms with E-state index in [-0.39, 0.29) is 11.5 Å². The summed E-state index contributed by atoms with van der Waals surface area (Å²) in [5, 5.41) is 2.87. The van der Waals surface area contributed by atoms with Gasteiger partial charge in [-0.25, -0.2) is 0 Å². The zero-order chi connectivity index (χ0) is 19.9. The summed E-state index contributed by atoms with van der Waals surface area (Å²) in [5.41, 5.74) is 6.68. The molecule has 0 unspecified atom stereocenters. The van der Waals surface area contributed by atoms with Gasteiger partial charge in [0.1, 0.15) is 5.70 Å². The summed E-state index contributed by atoms with van der Waals surface area (Å²) in [6.45, 7) is 2.33. The molecule has 4 nitrogen and oxygen atoms in total. The molecule has 1 fully saturated rings. The SMILES string of the molecule is Cc1ccccc1NC(=O)CCCCN=C1CCCCC1=C(N)C(F)(F)F. The quantitative estimate of drug-likeness (QED) is 0.689. The van der Waals surface area contributed by atoms with Gasteiger partial charge < -0.3 is 11.1 Å². The zero-order valence-corrected chi connectivity index (χ0v) is 15.5. The van der Waals surface area contributed by atoms with Gasteiger partial charge in [0.25, 0.3) is 0 Å². The number of halogens is 3. The predicted octanol–water partition coefficient (Wildman–Crippen LogP) is 4.89. The Labute approximate surface area is 157 Å². The molecule has 0 spiro atoms. The van der Waals surface area contributed by atoms with Gasteiger partial charge in [-0.15, -0.1) is 0 Å². The Bertz CT molecular complexity index is 723. The van der Waals surface area contributed by atoms with Crippen LogP contribution in [0.2, 0.25) is 0 Å². The van der Waals surface area contributed by atoms with E-state index in [0.717, 1.165) is 17.7 Å². The molecular formula is C20H26F3N3O. The molecule has 0 aliphatic heterocycles. The maximum absolute atomic E-state index is 12.9. The number of allylic oxidation sites excluding steroid dienone is 2. The van der Waals surface area contributed by atoms with E-state index >= 15 is 0 Å². The largest absolute Gasteiger partial charge is 0.431 e. The lowest BCUT2D eigenvalue weighted by Gasteiger charge is -2.20. The number of para-hydroxylation sites is 1. The summed E-state index contributed by atoms with van der Waals surface area (Å²) in [5.74, 6) is -0.0727. The molecule has 1 amide bonds. The molecule has 1 aromatic carbocycles. The minimum atomic E-state index is -4.51. The van der Waals surface area contributed by atoms with Gasteiger partial charge in [-0.1, -0.05) is 18.2 Å². The average Bonchev–Trinajstić information content (AvgIpc) is 2.62. The van der Waals surface area contributed by atoms with E-state index in [2.05, 4.69) is 10.3 Å². The van der Waals surface area contributed by atoms with E-state index in [1.165, 1.54) is 0 Å². The molecule has 0 bridgehead atoms. The summed E-state index contributed by atoms with van der Waals surface area (Å²) in [4.78, 5) is 16.3. The number of hydrogen-bond acceptors (Lipinski definition) is 3. The third-order valence-corrected chi connectivity index (χ3v) is 4.60. The molecule has 0 radical (unpaired) electrons. The standard InChI is InChI=1S/C20H26F3N3O/c1-14-8-2-4-10-16(14)26-18(27)12-6-7-13-25-17-11-5-3-9-15(17)19(24)20(21,22)23/h2,4,8,10H,3,5-7,9,11-13,24H2,1H3,(H,26,27). The van der Waals surface area contributed by atoms with Gasteiger partial charge in [0, 0.05) is 29.9 Å². The van der Waals surface area contributed by atoms with Crippen LogP contribution in [0.25, 0.3) is 0 Å². The normalized spacial score (nSPS) is 18.4. The molecule has 27 heavy (non-hydrogen) atoms. The fraction of sp³-hybridized carbons (Fsp3) is 0.500. The molecule has 148 valence electrons. The third kappa shape index (κ3) is 6.41. The summed E-state index contributed by atoms with van der Waals surface area (Å²) < 4.78 is 38.6. The summed E-state index contributed by atoms with van der Waals surface area (Å²) in [7, 11) is 0. The van der Waals surface area contributed by atoms with Gasteiger partial charge >= 0.3 is 6.18 Å². The van der Waals surface area contributed by atoms with Crippen molar-refractivity contribution in [3.8, 4) is 0 Å². The Kier molecular flexibility index (Phi) is 7.45. The molecule has 0 heterocycles. The number of hydrogen-bond donors (Lipinski definition) is 2. The Hall–Kier alpha value is -2.31. The number of aryl methyl sites for hydroxylation is 1. The maximum Gasteiger partial charge on any atom is 0.431 e. The number of nitrogens with one attached hydrogen (secondary N) is 1. The molecule has 1 aliphatic rings. The van der Waals surface area contributed by atoms with Crippen molar-refractivity contribution in [2.75, 3.05) is 11.9 Å². The van der Waals surface area contributed by atoms with Gasteiger partial charge in [-0.2, -0.15) is 13.2 Å². The first-order chi connectivity index (χ1) is 12.8. The minimum absolute atomic E-state index is 0.0727. The van der Waals surface area contributed by atoms with Gasteiger partial charge in [-0.3, -0.25) is 9.79 Å². The van der Waals surface area contributed by atoms with Gasteiger partial charge in [-0.05, 0) is 57.1 Å². The fourth-order valence-electron chi connectivity index (χ4n) is 3.06. The highest BCUT2D eigenvalue weighted by atomic mass is 19.4. The van der Waals surface area contributed by atoms with Crippen LogP contribution in [-0.2, 0) is 4.79 Å². The van der Waals surface area contributed by atoms with Crippen molar-refractivity contribution in [2.45, 2.75) is 58.0 Å². The van der Waals surface area contributed by atoms with Crippen LogP contribution >= 0.6 is 0 Å². The number of amides is 1. The predicted molar refractivity (Wildman–Crippen MR) is 102 cm³/mol. The number of anilines is 1. The lowest BCUT2D eigenvalue weighted by atomic mass is 9.91. The van der Waals surface area contributed by atoms with Crippen molar-refractivity contribution in [1.82, 2.24) is 0 Å². The highest BCUT2D eigenvalue weighted by Crippen LogP contribution is 2.30. The Morgan fingerprint density at radius 2 is 1.89 bits per heavy atom. The van der Waals surface area contributed by atoms with Gasteiger partial charge in [0.15, 0.2) is 0 Å². The third-order valence-electron chi connectivity index (χ3n) is 4.60. The smallest absolute Gasteiger partial charge is 0.394 e. The van der Waals surface area contributed by atoms with Crippen LogP contribution in [0.3, 0.4) is 0 Å². The van der Waals surface area contributed by atoms with Crippen molar-refractivity contribution in [3.63, 3.8) is 0 Å². The van der Waals surface area contributed by atoms with Crippen LogP contribution in [-0.4, -0.2) is 24.3 Å². The van der Waals surface area contributed by atoms with E-state index < -0.39 is 11.9 Å². The van der Waals surface area contributed by atoms with Crippen molar-refractivity contribution < 1.29 is 18.0 Å². The Balaban J connectivity index is 1.82. The number of nitrogens with two attached hydrogens (primary N) is 1. The van der Waals surface area contributed by atoms with E-state index in [9.17, 15) is 18.0 Å². The number of aliphatic imine (C=N–C) groups is 1. The number of unbranched alkanes of at least 4 members (excludes halogenated alkanes) is 1. The second kappa shape index (κ2) is 9.58.